The maximum atomic E-state index is 8.89. The number of hydrogen-bond acceptors (Lipinski definition) is 3. The molecule has 1 aromatic carbocycles. The summed E-state index contributed by atoms with van der Waals surface area (Å²) >= 11 is 3.49. The van der Waals surface area contributed by atoms with Crippen molar-refractivity contribution in [3.05, 3.63) is 46.1 Å². The second-order valence-electron chi connectivity index (χ2n) is 3.78. The fourth-order valence-electron chi connectivity index (χ4n) is 1.66. The van der Waals surface area contributed by atoms with Crippen LogP contribution in [0, 0.1) is 0 Å². The molecular formula is C12H14BrN3O. The van der Waals surface area contributed by atoms with Gasteiger partial charge in [-0.15, -0.1) is 0 Å². The average molecular weight is 296 g/mol. The third kappa shape index (κ3) is 2.68. The van der Waals surface area contributed by atoms with Gasteiger partial charge in [-0.1, -0.05) is 34.1 Å². The lowest BCUT2D eigenvalue weighted by Crippen LogP contribution is -2.07. The monoisotopic (exact) mass is 295 g/mol. The lowest BCUT2D eigenvalue weighted by atomic mass is 10.2. The number of halogens is 1. The second kappa shape index (κ2) is 5.33. The van der Waals surface area contributed by atoms with Crippen molar-refractivity contribution in [3.63, 3.8) is 0 Å². The van der Waals surface area contributed by atoms with E-state index in [4.69, 9.17) is 10.8 Å². The zero-order valence-corrected chi connectivity index (χ0v) is 10.9. The number of benzene rings is 1. The van der Waals surface area contributed by atoms with Gasteiger partial charge in [0.25, 0.3) is 0 Å². The summed E-state index contributed by atoms with van der Waals surface area (Å²) in [5, 5.41) is 13.1. The van der Waals surface area contributed by atoms with Gasteiger partial charge >= 0.3 is 0 Å². The zero-order valence-electron chi connectivity index (χ0n) is 9.31. The molecule has 0 aliphatic heterocycles. The Morgan fingerprint density at radius 3 is 2.76 bits per heavy atom. The van der Waals surface area contributed by atoms with Crippen LogP contribution >= 0.6 is 15.9 Å². The highest BCUT2D eigenvalue weighted by molar-refractivity contribution is 9.10. The first-order chi connectivity index (χ1) is 8.22. The van der Waals surface area contributed by atoms with Crippen LogP contribution < -0.4 is 5.73 Å². The van der Waals surface area contributed by atoms with E-state index in [0.29, 0.717) is 18.8 Å². The van der Waals surface area contributed by atoms with Crippen LogP contribution in [0.3, 0.4) is 0 Å². The first kappa shape index (κ1) is 12.1. The molecule has 17 heavy (non-hydrogen) atoms. The molecule has 0 unspecified atom stereocenters. The molecule has 0 atom stereocenters. The highest BCUT2D eigenvalue weighted by Gasteiger charge is 2.08. The van der Waals surface area contributed by atoms with Crippen molar-refractivity contribution >= 4 is 21.7 Å². The van der Waals surface area contributed by atoms with Crippen LogP contribution in [-0.4, -0.2) is 21.5 Å². The lowest BCUT2D eigenvalue weighted by Gasteiger charge is -2.07. The predicted octanol–water partition coefficient (Wildman–Crippen LogP) is 1.81. The Morgan fingerprint density at radius 1 is 1.29 bits per heavy atom. The van der Waals surface area contributed by atoms with E-state index >= 15 is 0 Å². The maximum Gasteiger partial charge on any atom is 0.125 e. The number of hydrogen-bond donors (Lipinski definition) is 2. The van der Waals surface area contributed by atoms with E-state index in [9.17, 15) is 0 Å². The zero-order chi connectivity index (χ0) is 12.3. The van der Waals surface area contributed by atoms with E-state index in [1.165, 1.54) is 0 Å². The van der Waals surface area contributed by atoms with Gasteiger partial charge in [-0.2, -0.15) is 5.10 Å². The Morgan fingerprint density at radius 2 is 2.06 bits per heavy atom. The number of rotatable bonds is 4. The molecule has 0 aliphatic carbocycles. The van der Waals surface area contributed by atoms with Crippen molar-refractivity contribution in [1.29, 1.82) is 0 Å². The molecule has 0 bridgehead atoms. The Hall–Kier alpha value is -1.33. The number of nitrogen functional groups attached to an aromatic ring is 1. The SMILES string of the molecule is Nc1c(CCO)cnn1Cc1ccccc1Br. The first-order valence-corrected chi connectivity index (χ1v) is 6.16. The van der Waals surface area contributed by atoms with Crippen LogP contribution in [0.25, 0.3) is 0 Å². The molecule has 90 valence electrons. The smallest absolute Gasteiger partial charge is 0.125 e. The summed E-state index contributed by atoms with van der Waals surface area (Å²) in [4.78, 5) is 0. The van der Waals surface area contributed by atoms with Gasteiger partial charge in [-0.05, 0) is 11.6 Å². The Balaban J connectivity index is 2.22. The molecule has 3 N–H and O–H groups in total. The Kier molecular flexibility index (Phi) is 3.81. The summed E-state index contributed by atoms with van der Waals surface area (Å²) in [5.74, 6) is 0.620. The number of aromatic nitrogens is 2. The molecule has 0 radical (unpaired) electrons. The second-order valence-corrected chi connectivity index (χ2v) is 4.63. The third-order valence-corrected chi connectivity index (χ3v) is 3.39. The van der Waals surface area contributed by atoms with Gasteiger partial charge in [0.1, 0.15) is 5.82 Å². The molecule has 1 aromatic heterocycles. The van der Waals surface area contributed by atoms with Crippen molar-refractivity contribution in [2.75, 3.05) is 12.3 Å². The summed E-state index contributed by atoms with van der Waals surface area (Å²) < 4.78 is 2.78. The maximum absolute atomic E-state index is 8.89. The highest BCUT2D eigenvalue weighted by atomic mass is 79.9. The standard InChI is InChI=1S/C12H14BrN3O/c13-11-4-2-1-3-10(11)8-16-12(14)9(5-6-17)7-15-16/h1-4,7,17H,5-6,8,14H2. The minimum absolute atomic E-state index is 0.0882. The summed E-state index contributed by atoms with van der Waals surface area (Å²) in [5.41, 5.74) is 7.97. The summed E-state index contributed by atoms with van der Waals surface area (Å²) in [7, 11) is 0. The van der Waals surface area contributed by atoms with Crippen LogP contribution in [0.1, 0.15) is 11.1 Å². The number of aliphatic hydroxyl groups is 1. The number of anilines is 1. The van der Waals surface area contributed by atoms with Crippen molar-refractivity contribution in [1.82, 2.24) is 9.78 Å². The Bertz CT molecular complexity index is 510. The largest absolute Gasteiger partial charge is 0.396 e. The molecule has 4 nitrogen and oxygen atoms in total. The van der Waals surface area contributed by atoms with E-state index in [2.05, 4.69) is 21.0 Å². The van der Waals surface area contributed by atoms with E-state index in [-0.39, 0.29) is 6.61 Å². The van der Waals surface area contributed by atoms with E-state index in [1.807, 2.05) is 24.3 Å². The van der Waals surface area contributed by atoms with Crippen LogP contribution in [0.15, 0.2) is 34.9 Å². The minimum Gasteiger partial charge on any atom is -0.396 e. The molecule has 0 fully saturated rings. The van der Waals surface area contributed by atoms with Gasteiger partial charge in [0.2, 0.25) is 0 Å². The van der Waals surface area contributed by atoms with E-state index < -0.39 is 0 Å². The molecule has 0 saturated carbocycles. The van der Waals surface area contributed by atoms with Crippen molar-refractivity contribution < 1.29 is 5.11 Å². The molecule has 0 spiro atoms. The molecule has 5 heteroatoms. The van der Waals surface area contributed by atoms with Gasteiger partial charge in [0.05, 0.1) is 12.7 Å². The number of aliphatic hydroxyl groups excluding tert-OH is 1. The first-order valence-electron chi connectivity index (χ1n) is 5.37. The lowest BCUT2D eigenvalue weighted by molar-refractivity contribution is 0.300. The van der Waals surface area contributed by atoms with Crippen LogP contribution in [0.4, 0.5) is 5.82 Å². The molecular weight excluding hydrogens is 282 g/mol. The number of nitrogens with two attached hydrogens (primary N) is 1. The normalized spacial score (nSPS) is 10.7. The minimum atomic E-state index is 0.0882. The number of nitrogens with zero attached hydrogens (tertiary/aromatic N) is 2. The quantitative estimate of drug-likeness (QED) is 0.904. The van der Waals surface area contributed by atoms with E-state index in [1.54, 1.807) is 10.9 Å². The van der Waals surface area contributed by atoms with Crippen LogP contribution in [0.2, 0.25) is 0 Å². The van der Waals surface area contributed by atoms with Crippen molar-refractivity contribution in [2.24, 2.45) is 0 Å². The highest BCUT2D eigenvalue weighted by Crippen LogP contribution is 2.19. The van der Waals surface area contributed by atoms with Gasteiger partial charge in [0.15, 0.2) is 0 Å². The topological polar surface area (TPSA) is 64.1 Å². The molecule has 1 heterocycles. The summed E-state index contributed by atoms with van der Waals surface area (Å²) in [6.45, 7) is 0.712. The molecule has 2 aromatic rings. The fourth-order valence-corrected chi connectivity index (χ4v) is 2.07. The van der Waals surface area contributed by atoms with Gasteiger partial charge in [0, 0.05) is 23.1 Å². The summed E-state index contributed by atoms with van der Waals surface area (Å²) in [6, 6.07) is 7.96. The van der Waals surface area contributed by atoms with Gasteiger partial charge in [-0.25, -0.2) is 4.68 Å². The molecule has 2 rings (SSSR count). The predicted molar refractivity (Wildman–Crippen MR) is 70.7 cm³/mol. The fraction of sp³-hybridized carbons (Fsp3) is 0.250. The molecule has 0 saturated heterocycles. The Labute approximate surface area is 108 Å². The summed E-state index contributed by atoms with van der Waals surface area (Å²) in [6.07, 6.45) is 2.25. The van der Waals surface area contributed by atoms with E-state index in [0.717, 1.165) is 15.6 Å². The third-order valence-electron chi connectivity index (χ3n) is 2.62. The van der Waals surface area contributed by atoms with Crippen LogP contribution in [0.5, 0.6) is 0 Å². The van der Waals surface area contributed by atoms with Crippen molar-refractivity contribution in [2.45, 2.75) is 13.0 Å². The van der Waals surface area contributed by atoms with Gasteiger partial charge < -0.3 is 10.8 Å². The molecule has 0 amide bonds. The van der Waals surface area contributed by atoms with Crippen molar-refractivity contribution in [3.8, 4) is 0 Å². The van der Waals surface area contributed by atoms with Gasteiger partial charge in [-0.3, -0.25) is 0 Å². The van der Waals surface area contributed by atoms with Crippen LogP contribution in [-0.2, 0) is 13.0 Å². The average Bonchev–Trinajstić information content (AvgIpc) is 2.65. The molecule has 0 aliphatic rings.